The normalized spacial score (nSPS) is 27.6. The van der Waals surface area contributed by atoms with Crippen LogP contribution in [0.1, 0.15) is 32.6 Å². The number of rotatable bonds is 2. The second kappa shape index (κ2) is 3.56. The van der Waals surface area contributed by atoms with E-state index in [0.29, 0.717) is 11.8 Å². The van der Waals surface area contributed by atoms with Gasteiger partial charge in [-0.25, -0.2) is 9.79 Å². The van der Waals surface area contributed by atoms with E-state index in [1.165, 1.54) is 12.8 Å². The average molecular weight is 193 g/mol. The van der Waals surface area contributed by atoms with Crippen LogP contribution in [0.25, 0.3) is 0 Å². The van der Waals surface area contributed by atoms with Crippen LogP contribution in [0.3, 0.4) is 0 Å². The lowest BCUT2D eigenvalue weighted by atomic mass is 9.99. The Hall–Kier alpha value is -1.12. The number of ether oxygens (including phenoxy) is 1. The number of nitrogens with zero attached hydrogens (tertiary/aromatic N) is 1. The SMILES string of the molecule is C=C(C)C1=NC(C2CCCC2)C(=O)O1. The van der Waals surface area contributed by atoms with Crippen LogP contribution in [0.15, 0.2) is 17.1 Å². The van der Waals surface area contributed by atoms with Gasteiger partial charge in [-0.2, -0.15) is 0 Å². The first-order chi connectivity index (χ1) is 6.68. The van der Waals surface area contributed by atoms with E-state index in [9.17, 15) is 4.79 Å². The number of carbonyl (C=O) groups is 1. The molecule has 1 unspecified atom stereocenters. The molecule has 2 rings (SSSR count). The van der Waals surface area contributed by atoms with Gasteiger partial charge in [0.15, 0.2) is 6.04 Å². The van der Waals surface area contributed by atoms with Gasteiger partial charge in [-0.1, -0.05) is 19.4 Å². The lowest BCUT2D eigenvalue weighted by molar-refractivity contribution is -0.136. The maximum atomic E-state index is 11.5. The summed E-state index contributed by atoms with van der Waals surface area (Å²) in [5.41, 5.74) is 0.735. The van der Waals surface area contributed by atoms with Crippen LogP contribution in [-0.4, -0.2) is 17.9 Å². The molecule has 0 saturated heterocycles. The van der Waals surface area contributed by atoms with Crippen LogP contribution in [0.4, 0.5) is 0 Å². The summed E-state index contributed by atoms with van der Waals surface area (Å²) in [7, 11) is 0. The van der Waals surface area contributed by atoms with E-state index in [0.717, 1.165) is 18.4 Å². The van der Waals surface area contributed by atoms with Crippen molar-refractivity contribution in [1.82, 2.24) is 0 Å². The highest BCUT2D eigenvalue weighted by Crippen LogP contribution is 2.32. The highest BCUT2D eigenvalue weighted by Gasteiger charge is 2.37. The van der Waals surface area contributed by atoms with Crippen molar-refractivity contribution < 1.29 is 9.53 Å². The number of carbonyl (C=O) groups excluding carboxylic acids is 1. The summed E-state index contributed by atoms with van der Waals surface area (Å²) in [6.07, 6.45) is 4.64. The van der Waals surface area contributed by atoms with Crippen LogP contribution in [0.5, 0.6) is 0 Å². The zero-order valence-electron chi connectivity index (χ0n) is 8.45. The van der Waals surface area contributed by atoms with Gasteiger partial charge in [0.2, 0.25) is 5.90 Å². The molecule has 0 radical (unpaired) electrons. The first-order valence-corrected chi connectivity index (χ1v) is 5.14. The summed E-state index contributed by atoms with van der Waals surface area (Å²) in [5.74, 6) is 0.654. The van der Waals surface area contributed by atoms with Gasteiger partial charge in [-0.15, -0.1) is 0 Å². The van der Waals surface area contributed by atoms with Crippen molar-refractivity contribution >= 4 is 11.9 Å². The third-order valence-electron chi connectivity index (χ3n) is 2.91. The zero-order valence-corrected chi connectivity index (χ0v) is 8.45. The molecule has 0 bridgehead atoms. The summed E-state index contributed by atoms with van der Waals surface area (Å²) >= 11 is 0. The smallest absolute Gasteiger partial charge is 0.338 e. The molecule has 0 aromatic carbocycles. The van der Waals surface area contributed by atoms with Crippen molar-refractivity contribution in [2.24, 2.45) is 10.9 Å². The molecular weight excluding hydrogens is 178 g/mol. The lowest BCUT2D eigenvalue weighted by Gasteiger charge is -2.10. The highest BCUT2D eigenvalue weighted by molar-refractivity contribution is 6.05. The van der Waals surface area contributed by atoms with Crippen molar-refractivity contribution in [1.29, 1.82) is 0 Å². The van der Waals surface area contributed by atoms with Crippen LogP contribution in [0.2, 0.25) is 0 Å². The molecule has 14 heavy (non-hydrogen) atoms. The Labute approximate surface area is 83.9 Å². The maximum Gasteiger partial charge on any atom is 0.338 e. The van der Waals surface area contributed by atoms with E-state index >= 15 is 0 Å². The minimum Gasteiger partial charge on any atom is -0.406 e. The van der Waals surface area contributed by atoms with E-state index in [2.05, 4.69) is 11.6 Å². The van der Waals surface area contributed by atoms with Crippen molar-refractivity contribution in [3.05, 3.63) is 12.2 Å². The molecule has 1 aliphatic carbocycles. The summed E-state index contributed by atoms with van der Waals surface area (Å²) in [5, 5.41) is 0. The molecule has 1 aliphatic heterocycles. The second-order valence-electron chi connectivity index (χ2n) is 4.13. The van der Waals surface area contributed by atoms with Gasteiger partial charge in [0.25, 0.3) is 0 Å². The number of hydrogen-bond acceptors (Lipinski definition) is 3. The Bertz CT molecular complexity index is 300. The molecule has 0 amide bonds. The largest absolute Gasteiger partial charge is 0.406 e. The molecule has 0 spiro atoms. The van der Waals surface area contributed by atoms with Crippen molar-refractivity contribution in [3.63, 3.8) is 0 Å². The Balaban J connectivity index is 2.11. The summed E-state index contributed by atoms with van der Waals surface area (Å²) in [4.78, 5) is 15.8. The maximum absolute atomic E-state index is 11.5. The molecule has 1 atom stereocenters. The zero-order chi connectivity index (χ0) is 10.1. The Kier molecular flexibility index (Phi) is 2.40. The fourth-order valence-electron chi connectivity index (χ4n) is 2.13. The van der Waals surface area contributed by atoms with Gasteiger partial charge in [0, 0.05) is 5.57 Å². The fourth-order valence-corrected chi connectivity index (χ4v) is 2.13. The molecule has 0 aromatic rings. The van der Waals surface area contributed by atoms with Crippen molar-refractivity contribution in [2.45, 2.75) is 38.6 Å². The minimum absolute atomic E-state index is 0.185. The van der Waals surface area contributed by atoms with Gasteiger partial charge in [0.1, 0.15) is 0 Å². The predicted octanol–water partition coefficient (Wildman–Crippen LogP) is 2.08. The molecule has 0 aromatic heterocycles. The van der Waals surface area contributed by atoms with Gasteiger partial charge in [-0.3, -0.25) is 0 Å². The van der Waals surface area contributed by atoms with Crippen LogP contribution in [0, 0.1) is 5.92 Å². The quantitative estimate of drug-likeness (QED) is 0.630. The van der Waals surface area contributed by atoms with E-state index in [1.54, 1.807) is 0 Å². The molecular formula is C11H15NO2. The monoisotopic (exact) mass is 193 g/mol. The van der Waals surface area contributed by atoms with Gasteiger partial charge >= 0.3 is 5.97 Å². The lowest BCUT2D eigenvalue weighted by Crippen LogP contribution is -2.23. The van der Waals surface area contributed by atoms with Crippen LogP contribution < -0.4 is 0 Å². The fraction of sp³-hybridized carbons (Fsp3) is 0.636. The molecule has 2 aliphatic rings. The molecule has 3 heteroatoms. The number of cyclic esters (lactones) is 1. The van der Waals surface area contributed by atoms with Gasteiger partial charge in [0.05, 0.1) is 0 Å². The Morgan fingerprint density at radius 2 is 2.14 bits per heavy atom. The number of hydrogen-bond donors (Lipinski definition) is 0. The van der Waals surface area contributed by atoms with E-state index in [4.69, 9.17) is 4.74 Å². The molecule has 76 valence electrons. The van der Waals surface area contributed by atoms with Gasteiger partial charge in [-0.05, 0) is 25.7 Å². The van der Waals surface area contributed by atoms with E-state index in [-0.39, 0.29) is 12.0 Å². The number of aliphatic imine (C=N–C) groups is 1. The first-order valence-electron chi connectivity index (χ1n) is 5.14. The Morgan fingerprint density at radius 1 is 1.50 bits per heavy atom. The van der Waals surface area contributed by atoms with Crippen molar-refractivity contribution in [2.75, 3.05) is 0 Å². The molecule has 1 saturated carbocycles. The van der Waals surface area contributed by atoms with Crippen LogP contribution >= 0.6 is 0 Å². The summed E-state index contributed by atoms with van der Waals surface area (Å²) in [6.45, 7) is 5.53. The van der Waals surface area contributed by atoms with Crippen LogP contribution in [-0.2, 0) is 9.53 Å². The topological polar surface area (TPSA) is 38.7 Å². The predicted molar refractivity (Wildman–Crippen MR) is 54.1 cm³/mol. The molecule has 1 fully saturated rings. The average Bonchev–Trinajstić information content (AvgIpc) is 2.71. The number of esters is 1. The molecule has 3 nitrogen and oxygen atoms in total. The summed E-state index contributed by atoms with van der Waals surface area (Å²) < 4.78 is 5.06. The summed E-state index contributed by atoms with van der Waals surface area (Å²) in [6, 6.07) is -0.246. The van der Waals surface area contributed by atoms with Crippen molar-refractivity contribution in [3.8, 4) is 0 Å². The molecule has 1 heterocycles. The third kappa shape index (κ3) is 1.59. The standard InChI is InChI=1S/C11H15NO2/c1-7(2)10-12-9(11(13)14-10)8-5-3-4-6-8/h8-9H,1,3-6H2,2H3. The van der Waals surface area contributed by atoms with E-state index in [1.807, 2.05) is 6.92 Å². The first kappa shape index (κ1) is 9.44. The van der Waals surface area contributed by atoms with Gasteiger partial charge < -0.3 is 4.74 Å². The minimum atomic E-state index is -0.246. The highest BCUT2D eigenvalue weighted by atomic mass is 16.6. The molecule has 0 N–H and O–H groups in total. The third-order valence-corrected chi connectivity index (χ3v) is 2.91. The van der Waals surface area contributed by atoms with E-state index < -0.39 is 0 Å². The second-order valence-corrected chi connectivity index (χ2v) is 4.13. The Morgan fingerprint density at radius 3 is 2.64 bits per heavy atom.